The summed E-state index contributed by atoms with van der Waals surface area (Å²) in [6, 6.07) is 5.89. The van der Waals surface area contributed by atoms with Gasteiger partial charge in [-0.3, -0.25) is 4.79 Å². The summed E-state index contributed by atoms with van der Waals surface area (Å²) in [5, 5.41) is 13.0. The second-order valence-electron chi connectivity index (χ2n) is 3.14. The molecule has 1 aromatic carbocycles. The van der Waals surface area contributed by atoms with Gasteiger partial charge in [-0.2, -0.15) is 0 Å². The summed E-state index contributed by atoms with van der Waals surface area (Å²) in [7, 11) is 0. The number of rotatable bonds is 5. The number of nitrogens with one attached hydrogen (secondary N) is 1. The molecule has 0 aliphatic rings. The molecular formula is C11H12NNaO4. The first-order valence-corrected chi connectivity index (χ1v) is 4.78. The van der Waals surface area contributed by atoms with Crippen molar-refractivity contribution in [3.05, 3.63) is 29.8 Å². The SMILES string of the molecule is CC(=O)NCCOc1ccc(C(=O)[O-])cc1.[Na+]. The van der Waals surface area contributed by atoms with E-state index in [-0.39, 0.29) is 41.0 Å². The molecule has 0 aliphatic heterocycles. The number of carboxylic acids is 1. The first-order valence-electron chi connectivity index (χ1n) is 4.78. The van der Waals surface area contributed by atoms with Crippen LogP contribution in [0.2, 0.25) is 0 Å². The largest absolute Gasteiger partial charge is 1.00 e. The minimum atomic E-state index is -1.22. The fourth-order valence-corrected chi connectivity index (χ4v) is 1.08. The van der Waals surface area contributed by atoms with Crippen LogP contribution in [-0.4, -0.2) is 25.0 Å². The second-order valence-corrected chi connectivity index (χ2v) is 3.14. The Balaban J connectivity index is 0.00000256. The van der Waals surface area contributed by atoms with E-state index < -0.39 is 5.97 Å². The zero-order valence-electron chi connectivity index (χ0n) is 9.86. The number of carbonyl (C=O) groups is 2. The minimum Gasteiger partial charge on any atom is -0.545 e. The number of amides is 1. The maximum absolute atomic E-state index is 10.5. The summed E-state index contributed by atoms with van der Waals surface area (Å²) in [5.74, 6) is -0.781. The molecule has 1 aromatic rings. The van der Waals surface area contributed by atoms with Crippen LogP contribution in [0.3, 0.4) is 0 Å². The number of benzene rings is 1. The van der Waals surface area contributed by atoms with E-state index in [4.69, 9.17) is 4.74 Å². The summed E-state index contributed by atoms with van der Waals surface area (Å²) in [4.78, 5) is 21.0. The van der Waals surface area contributed by atoms with Gasteiger partial charge in [0.25, 0.3) is 0 Å². The Morgan fingerprint density at radius 2 is 1.88 bits per heavy atom. The van der Waals surface area contributed by atoms with Gasteiger partial charge in [0.15, 0.2) is 0 Å². The molecule has 0 saturated carbocycles. The second kappa shape index (κ2) is 8.11. The zero-order chi connectivity index (χ0) is 12.0. The van der Waals surface area contributed by atoms with Gasteiger partial charge in [-0.1, -0.05) is 0 Å². The van der Waals surface area contributed by atoms with Crippen molar-refractivity contribution in [2.75, 3.05) is 13.2 Å². The van der Waals surface area contributed by atoms with Crippen LogP contribution in [0.5, 0.6) is 5.75 Å². The van der Waals surface area contributed by atoms with E-state index in [1.807, 2.05) is 0 Å². The predicted molar refractivity (Wildman–Crippen MR) is 55.0 cm³/mol. The Bertz CT molecular complexity index is 378. The maximum Gasteiger partial charge on any atom is 1.00 e. The van der Waals surface area contributed by atoms with Crippen LogP contribution in [-0.2, 0) is 4.79 Å². The average molecular weight is 245 g/mol. The molecule has 17 heavy (non-hydrogen) atoms. The van der Waals surface area contributed by atoms with E-state index in [1.54, 1.807) is 12.1 Å². The van der Waals surface area contributed by atoms with Crippen LogP contribution >= 0.6 is 0 Å². The smallest absolute Gasteiger partial charge is 0.545 e. The summed E-state index contributed by atoms with van der Waals surface area (Å²) in [6.45, 7) is 2.18. The van der Waals surface area contributed by atoms with Gasteiger partial charge in [-0.05, 0) is 29.8 Å². The van der Waals surface area contributed by atoms with Gasteiger partial charge in [0.1, 0.15) is 12.4 Å². The van der Waals surface area contributed by atoms with Crippen LogP contribution in [0.4, 0.5) is 0 Å². The maximum atomic E-state index is 10.5. The molecule has 1 N–H and O–H groups in total. The predicted octanol–water partition coefficient (Wildman–Crippen LogP) is -3.43. The number of hydrogen-bond acceptors (Lipinski definition) is 4. The summed E-state index contributed by atoms with van der Waals surface area (Å²) in [6.07, 6.45) is 0. The fourth-order valence-electron chi connectivity index (χ4n) is 1.08. The van der Waals surface area contributed by atoms with E-state index in [9.17, 15) is 14.7 Å². The minimum absolute atomic E-state index is 0. The van der Waals surface area contributed by atoms with Gasteiger partial charge in [0, 0.05) is 6.92 Å². The van der Waals surface area contributed by atoms with Crippen molar-refractivity contribution in [3.63, 3.8) is 0 Å². The van der Waals surface area contributed by atoms with Crippen LogP contribution in [0.15, 0.2) is 24.3 Å². The van der Waals surface area contributed by atoms with Gasteiger partial charge in [0.05, 0.1) is 12.5 Å². The van der Waals surface area contributed by atoms with Crippen LogP contribution in [0.1, 0.15) is 17.3 Å². The molecular weight excluding hydrogens is 233 g/mol. The first-order chi connectivity index (χ1) is 7.59. The van der Waals surface area contributed by atoms with Crippen LogP contribution < -0.4 is 44.7 Å². The van der Waals surface area contributed by atoms with Crippen molar-refractivity contribution in [3.8, 4) is 5.75 Å². The molecule has 0 aliphatic carbocycles. The van der Waals surface area contributed by atoms with Gasteiger partial charge in [0.2, 0.25) is 5.91 Å². The fraction of sp³-hybridized carbons (Fsp3) is 0.273. The average Bonchev–Trinajstić information content (AvgIpc) is 2.25. The van der Waals surface area contributed by atoms with E-state index in [0.29, 0.717) is 18.9 Å². The van der Waals surface area contributed by atoms with Gasteiger partial charge < -0.3 is 20.0 Å². The number of hydrogen-bond donors (Lipinski definition) is 1. The molecule has 1 amide bonds. The molecule has 0 aromatic heterocycles. The summed E-state index contributed by atoms with van der Waals surface area (Å²) < 4.78 is 5.26. The zero-order valence-corrected chi connectivity index (χ0v) is 11.9. The quantitative estimate of drug-likeness (QED) is 0.432. The van der Waals surface area contributed by atoms with Crippen molar-refractivity contribution in [1.82, 2.24) is 5.32 Å². The van der Waals surface area contributed by atoms with Crippen LogP contribution in [0.25, 0.3) is 0 Å². The number of carboxylic acid groups (broad SMARTS) is 1. The van der Waals surface area contributed by atoms with E-state index in [0.717, 1.165) is 0 Å². The van der Waals surface area contributed by atoms with Crippen molar-refractivity contribution in [1.29, 1.82) is 0 Å². The van der Waals surface area contributed by atoms with E-state index >= 15 is 0 Å². The van der Waals surface area contributed by atoms with Crippen molar-refractivity contribution in [2.45, 2.75) is 6.92 Å². The Labute approximate surface area is 121 Å². The third-order valence-electron chi connectivity index (χ3n) is 1.83. The molecule has 0 unspecified atom stereocenters. The standard InChI is InChI=1S/C11H13NO4.Na/c1-8(13)12-6-7-16-10-4-2-9(3-5-10)11(14)15;/h2-5H,6-7H2,1H3,(H,12,13)(H,14,15);/q;+1/p-1. The Hall–Kier alpha value is -1.04. The Morgan fingerprint density at radius 1 is 1.29 bits per heavy atom. The van der Waals surface area contributed by atoms with Crippen molar-refractivity contribution >= 4 is 11.9 Å². The van der Waals surface area contributed by atoms with Crippen molar-refractivity contribution in [2.24, 2.45) is 0 Å². The molecule has 0 bridgehead atoms. The first kappa shape index (κ1) is 16.0. The molecule has 0 fully saturated rings. The molecule has 0 atom stereocenters. The molecule has 1 rings (SSSR count). The van der Waals surface area contributed by atoms with Gasteiger partial charge in [-0.15, -0.1) is 0 Å². The number of ether oxygens (including phenoxy) is 1. The van der Waals surface area contributed by atoms with E-state index in [2.05, 4.69) is 5.32 Å². The molecule has 0 radical (unpaired) electrons. The number of carbonyl (C=O) groups excluding carboxylic acids is 2. The summed E-state index contributed by atoms with van der Waals surface area (Å²) in [5.41, 5.74) is 0.106. The Kier molecular flexibility index (Phi) is 7.61. The molecule has 0 saturated heterocycles. The van der Waals surface area contributed by atoms with Gasteiger partial charge >= 0.3 is 29.6 Å². The molecule has 6 heteroatoms. The third-order valence-corrected chi connectivity index (χ3v) is 1.83. The van der Waals surface area contributed by atoms with Gasteiger partial charge in [-0.25, -0.2) is 0 Å². The molecule has 86 valence electrons. The monoisotopic (exact) mass is 245 g/mol. The molecule has 5 nitrogen and oxygen atoms in total. The normalized spacial score (nSPS) is 9.00. The van der Waals surface area contributed by atoms with E-state index in [1.165, 1.54) is 19.1 Å². The van der Waals surface area contributed by atoms with Crippen LogP contribution in [0, 0.1) is 0 Å². The molecule has 0 heterocycles. The van der Waals surface area contributed by atoms with Crippen molar-refractivity contribution < 1.29 is 49.0 Å². The summed E-state index contributed by atoms with van der Waals surface area (Å²) >= 11 is 0. The Morgan fingerprint density at radius 3 is 2.35 bits per heavy atom. The third kappa shape index (κ3) is 6.31. The topological polar surface area (TPSA) is 78.5 Å². The molecule has 0 spiro atoms. The number of aromatic carboxylic acids is 1.